The van der Waals surface area contributed by atoms with Crippen molar-refractivity contribution in [2.75, 3.05) is 40.6 Å². The zero-order chi connectivity index (χ0) is 28.9. The van der Waals surface area contributed by atoms with Crippen LogP contribution >= 0.6 is 0 Å². The van der Waals surface area contributed by atoms with Crippen LogP contribution in [0.15, 0.2) is 54.6 Å². The van der Waals surface area contributed by atoms with Crippen LogP contribution in [0, 0.1) is 0 Å². The molecule has 3 aromatic rings. The number of hydrogen-bond donors (Lipinski definition) is 0. The van der Waals surface area contributed by atoms with Gasteiger partial charge in [0.15, 0.2) is 23.0 Å². The molecule has 1 aliphatic heterocycles. The molecule has 1 amide bonds. The molecule has 0 aliphatic carbocycles. The van der Waals surface area contributed by atoms with Crippen LogP contribution in [0.25, 0.3) is 0 Å². The first-order valence-corrected chi connectivity index (χ1v) is 13.0. The van der Waals surface area contributed by atoms with Crippen molar-refractivity contribution in [2.45, 2.75) is 32.5 Å². The zero-order valence-electron chi connectivity index (χ0n) is 22.8. The van der Waals surface area contributed by atoms with Crippen LogP contribution in [0.4, 0.5) is 13.2 Å². The van der Waals surface area contributed by atoms with Crippen LogP contribution in [0.5, 0.6) is 28.7 Å². The van der Waals surface area contributed by atoms with Gasteiger partial charge in [-0.2, -0.15) is 13.2 Å². The van der Waals surface area contributed by atoms with E-state index in [0.29, 0.717) is 54.7 Å². The number of benzene rings is 3. The minimum atomic E-state index is -4.51. The van der Waals surface area contributed by atoms with E-state index in [9.17, 15) is 18.0 Å². The third kappa shape index (κ3) is 6.21. The lowest BCUT2D eigenvalue weighted by Crippen LogP contribution is -2.42. The smallest absolute Gasteiger partial charge is 0.416 e. The molecule has 0 aromatic heterocycles. The Kier molecular flexibility index (Phi) is 8.96. The first-order chi connectivity index (χ1) is 19.2. The lowest BCUT2D eigenvalue weighted by Gasteiger charge is -2.37. The number of amides is 1. The van der Waals surface area contributed by atoms with Gasteiger partial charge in [-0.25, -0.2) is 0 Å². The second-order valence-electron chi connectivity index (χ2n) is 9.03. The molecule has 3 aromatic carbocycles. The quantitative estimate of drug-likeness (QED) is 0.289. The van der Waals surface area contributed by atoms with E-state index < -0.39 is 17.8 Å². The highest BCUT2D eigenvalue weighted by atomic mass is 19.4. The van der Waals surface area contributed by atoms with Crippen molar-refractivity contribution >= 4 is 5.91 Å². The van der Waals surface area contributed by atoms with Crippen LogP contribution in [0.1, 0.15) is 46.9 Å². The van der Waals surface area contributed by atoms with Crippen molar-refractivity contribution in [1.29, 1.82) is 0 Å². The number of hydrogen-bond acceptors (Lipinski definition) is 6. The van der Waals surface area contributed by atoms with Gasteiger partial charge in [-0.3, -0.25) is 4.79 Å². The van der Waals surface area contributed by atoms with E-state index in [1.807, 2.05) is 19.9 Å². The predicted octanol–water partition coefficient (Wildman–Crippen LogP) is 6.34. The molecule has 0 saturated carbocycles. The van der Waals surface area contributed by atoms with Gasteiger partial charge >= 0.3 is 6.18 Å². The molecule has 0 saturated heterocycles. The Morgan fingerprint density at radius 3 is 2.25 bits per heavy atom. The Bertz CT molecular complexity index is 1340. The summed E-state index contributed by atoms with van der Waals surface area (Å²) in [5.41, 5.74) is 1.27. The highest BCUT2D eigenvalue weighted by Crippen LogP contribution is 2.40. The maximum Gasteiger partial charge on any atom is 0.416 e. The molecule has 0 bridgehead atoms. The number of carbonyl (C=O) groups is 1. The molecule has 1 atom stereocenters. The summed E-state index contributed by atoms with van der Waals surface area (Å²) in [5, 5.41) is 0. The Labute approximate surface area is 231 Å². The van der Waals surface area contributed by atoms with Gasteiger partial charge < -0.3 is 28.6 Å². The Balaban J connectivity index is 1.71. The number of halogens is 3. The molecule has 7 nitrogen and oxygen atoms in total. The van der Waals surface area contributed by atoms with E-state index in [1.54, 1.807) is 36.3 Å². The Morgan fingerprint density at radius 1 is 0.875 bits per heavy atom. The maximum absolute atomic E-state index is 13.9. The summed E-state index contributed by atoms with van der Waals surface area (Å²) in [7, 11) is 3.05. The minimum absolute atomic E-state index is 0.0505. The van der Waals surface area contributed by atoms with Crippen molar-refractivity contribution in [2.24, 2.45) is 0 Å². The van der Waals surface area contributed by atoms with Crippen molar-refractivity contribution in [3.63, 3.8) is 0 Å². The van der Waals surface area contributed by atoms with E-state index in [-0.39, 0.29) is 18.3 Å². The highest BCUT2D eigenvalue weighted by Gasteiger charge is 2.34. The van der Waals surface area contributed by atoms with Gasteiger partial charge in [0.2, 0.25) is 0 Å². The molecule has 10 heteroatoms. The highest BCUT2D eigenvalue weighted by molar-refractivity contribution is 5.95. The van der Waals surface area contributed by atoms with Crippen molar-refractivity contribution < 1.29 is 41.7 Å². The summed E-state index contributed by atoms with van der Waals surface area (Å²) < 4.78 is 68.0. The lowest BCUT2D eigenvalue weighted by atomic mass is 9.91. The van der Waals surface area contributed by atoms with Gasteiger partial charge in [0.1, 0.15) is 12.4 Å². The average molecular weight is 560 g/mol. The zero-order valence-corrected chi connectivity index (χ0v) is 22.8. The molecular weight excluding hydrogens is 527 g/mol. The van der Waals surface area contributed by atoms with E-state index >= 15 is 0 Å². The van der Waals surface area contributed by atoms with Crippen LogP contribution < -0.4 is 23.7 Å². The molecule has 1 aliphatic rings. The van der Waals surface area contributed by atoms with Crippen LogP contribution in [-0.4, -0.2) is 51.4 Å². The number of methoxy groups -OCH3 is 2. The second-order valence-corrected chi connectivity index (χ2v) is 9.03. The normalized spacial score (nSPS) is 14.8. The average Bonchev–Trinajstić information content (AvgIpc) is 2.95. The van der Waals surface area contributed by atoms with E-state index in [0.717, 1.165) is 23.3 Å². The van der Waals surface area contributed by atoms with Gasteiger partial charge in [0.05, 0.1) is 39.0 Å². The Hall–Kier alpha value is -4.08. The summed E-state index contributed by atoms with van der Waals surface area (Å²) in [6.45, 7) is 4.81. The number of carbonyl (C=O) groups excluding carboxylic acids is 1. The molecule has 4 rings (SSSR count). The third-order valence-corrected chi connectivity index (χ3v) is 6.62. The van der Waals surface area contributed by atoms with Gasteiger partial charge in [-0.15, -0.1) is 0 Å². The van der Waals surface area contributed by atoms with Gasteiger partial charge in [0, 0.05) is 12.1 Å². The molecule has 214 valence electrons. The molecule has 0 radical (unpaired) electrons. The first kappa shape index (κ1) is 28.9. The summed E-state index contributed by atoms with van der Waals surface area (Å²) in [5.74, 6) is 1.78. The van der Waals surface area contributed by atoms with E-state index in [2.05, 4.69) is 0 Å². The van der Waals surface area contributed by atoms with Gasteiger partial charge in [-0.05, 0) is 79.9 Å². The van der Waals surface area contributed by atoms with Crippen LogP contribution in [0.2, 0.25) is 0 Å². The molecular formula is C30H32F3NO6. The number of ether oxygens (including phenoxy) is 5. The molecule has 0 spiro atoms. The van der Waals surface area contributed by atoms with E-state index in [1.165, 1.54) is 19.2 Å². The van der Waals surface area contributed by atoms with Gasteiger partial charge in [0.25, 0.3) is 5.91 Å². The minimum Gasteiger partial charge on any atom is -0.493 e. The number of fused-ring (bicyclic) bond motifs is 1. The molecule has 1 unspecified atom stereocenters. The van der Waals surface area contributed by atoms with Gasteiger partial charge in [-0.1, -0.05) is 6.07 Å². The maximum atomic E-state index is 13.9. The third-order valence-electron chi connectivity index (χ3n) is 6.62. The van der Waals surface area contributed by atoms with Crippen molar-refractivity contribution in [3.8, 4) is 28.7 Å². The fraction of sp³-hybridized carbons (Fsp3) is 0.367. The van der Waals surface area contributed by atoms with Crippen LogP contribution in [0.3, 0.4) is 0 Å². The van der Waals surface area contributed by atoms with Crippen molar-refractivity contribution in [1.82, 2.24) is 4.90 Å². The number of nitrogens with zero attached hydrogens (tertiary/aromatic N) is 1. The SMILES string of the molecule is CCOc1ccc(C(=O)N2CCc3cc(OC)c(OC)cc3C2COc2cccc(C(F)(F)F)c2)cc1OCC. The summed E-state index contributed by atoms with van der Waals surface area (Å²) in [6, 6.07) is 12.7. The topological polar surface area (TPSA) is 66.5 Å². The van der Waals surface area contributed by atoms with Crippen molar-refractivity contribution in [3.05, 3.63) is 76.9 Å². The van der Waals surface area contributed by atoms with E-state index in [4.69, 9.17) is 23.7 Å². The largest absolute Gasteiger partial charge is 0.493 e. The van der Waals surface area contributed by atoms with Crippen LogP contribution in [-0.2, 0) is 12.6 Å². The summed E-state index contributed by atoms with van der Waals surface area (Å²) >= 11 is 0. The standard InChI is InChI=1S/C30H32F3NO6/c1-5-38-25-11-10-20(15-28(25)39-6-2)29(35)34-13-12-19-14-26(36-3)27(37-4)17-23(19)24(34)18-40-22-9-7-8-21(16-22)30(31,32)33/h7-11,14-17,24H,5-6,12-13,18H2,1-4H3. The summed E-state index contributed by atoms with van der Waals surface area (Å²) in [6.07, 6.45) is -3.97. The Morgan fingerprint density at radius 2 is 1.57 bits per heavy atom. The molecule has 1 heterocycles. The monoisotopic (exact) mass is 559 g/mol. The molecule has 40 heavy (non-hydrogen) atoms. The molecule has 0 fully saturated rings. The fourth-order valence-electron chi connectivity index (χ4n) is 4.74. The fourth-order valence-corrected chi connectivity index (χ4v) is 4.74. The molecule has 0 N–H and O–H groups in total. The second kappa shape index (κ2) is 12.4. The lowest BCUT2D eigenvalue weighted by molar-refractivity contribution is -0.137. The first-order valence-electron chi connectivity index (χ1n) is 13.0. The summed E-state index contributed by atoms with van der Waals surface area (Å²) in [4.78, 5) is 15.5. The number of rotatable bonds is 10. The predicted molar refractivity (Wildman–Crippen MR) is 143 cm³/mol. The number of alkyl halides is 3.